The summed E-state index contributed by atoms with van der Waals surface area (Å²) >= 11 is 0. The molecule has 0 amide bonds. The summed E-state index contributed by atoms with van der Waals surface area (Å²) in [5.41, 5.74) is 0.471. The van der Waals surface area contributed by atoms with Gasteiger partial charge in [0.15, 0.2) is 0 Å². The summed E-state index contributed by atoms with van der Waals surface area (Å²) in [6.45, 7) is 0. The van der Waals surface area contributed by atoms with Gasteiger partial charge in [0, 0.05) is 0 Å². The number of rotatable bonds is 2. The standard InChI is InChI=1S/C17H25N/c18-11-16(15-3-1-2-4-15)17-8-12-5-13(9-17)7-14(6-12)10-17/h12-16H,1-10H2. The van der Waals surface area contributed by atoms with E-state index in [-0.39, 0.29) is 0 Å². The first-order valence-electron chi connectivity index (χ1n) is 8.19. The van der Waals surface area contributed by atoms with E-state index in [1.165, 1.54) is 64.2 Å². The summed E-state index contributed by atoms with van der Waals surface area (Å²) in [5, 5.41) is 9.80. The highest BCUT2D eigenvalue weighted by Gasteiger charge is 2.55. The van der Waals surface area contributed by atoms with Gasteiger partial charge in [-0.15, -0.1) is 0 Å². The molecule has 5 aliphatic rings. The Kier molecular flexibility index (Phi) is 2.51. The Bertz CT molecular complexity index is 336. The molecule has 5 rings (SSSR count). The zero-order valence-electron chi connectivity index (χ0n) is 11.4. The first-order valence-corrected chi connectivity index (χ1v) is 8.19. The maximum atomic E-state index is 9.80. The lowest BCUT2D eigenvalue weighted by Crippen LogP contribution is -2.50. The van der Waals surface area contributed by atoms with Crippen molar-refractivity contribution < 1.29 is 0 Å². The van der Waals surface area contributed by atoms with Crippen molar-refractivity contribution in [1.29, 1.82) is 5.26 Å². The van der Waals surface area contributed by atoms with E-state index in [1.807, 2.05) is 0 Å². The van der Waals surface area contributed by atoms with Crippen molar-refractivity contribution in [3.63, 3.8) is 0 Å². The molecule has 5 fully saturated rings. The van der Waals surface area contributed by atoms with Crippen molar-refractivity contribution in [3.8, 4) is 6.07 Å². The molecule has 5 saturated carbocycles. The predicted molar refractivity (Wildman–Crippen MR) is 71.7 cm³/mol. The third-order valence-corrected chi connectivity index (χ3v) is 6.76. The van der Waals surface area contributed by atoms with Crippen LogP contribution in [-0.2, 0) is 0 Å². The minimum atomic E-state index is 0.411. The molecule has 1 nitrogen and oxygen atoms in total. The third-order valence-electron chi connectivity index (χ3n) is 6.76. The van der Waals surface area contributed by atoms with Crippen LogP contribution in [0.1, 0.15) is 64.2 Å². The Labute approximate surface area is 111 Å². The van der Waals surface area contributed by atoms with Gasteiger partial charge in [0.1, 0.15) is 0 Å². The molecule has 5 aliphatic carbocycles. The lowest BCUT2D eigenvalue weighted by atomic mass is 9.45. The summed E-state index contributed by atoms with van der Waals surface area (Å²) in [5.74, 6) is 4.15. The predicted octanol–water partition coefficient (Wildman–Crippen LogP) is 4.53. The second-order valence-electron chi connectivity index (χ2n) is 7.93. The highest BCUT2D eigenvalue weighted by atomic mass is 14.6. The van der Waals surface area contributed by atoms with Gasteiger partial charge in [-0.25, -0.2) is 0 Å². The Balaban J connectivity index is 1.63. The van der Waals surface area contributed by atoms with Crippen molar-refractivity contribution in [1.82, 2.24) is 0 Å². The minimum absolute atomic E-state index is 0.411. The van der Waals surface area contributed by atoms with Crippen molar-refractivity contribution in [2.24, 2.45) is 35.0 Å². The van der Waals surface area contributed by atoms with Crippen LogP contribution in [0.5, 0.6) is 0 Å². The van der Waals surface area contributed by atoms with E-state index >= 15 is 0 Å². The Morgan fingerprint density at radius 3 is 1.83 bits per heavy atom. The summed E-state index contributed by atoms with van der Waals surface area (Å²) in [4.78, 5) is 0. The number of hydrogen-bond donors (Lipinski definition) is 0. The van der Waals surface area contributed by atoms with E-state index < -0.39 is 0 Å². The molecule has 98 valence electrons. The van der Waals surface area contributed by atoms with Crippen LogP contribution in [0, 0.1) is 46.3 Å². The lowest BCUT2D eigenvalue weighted by molar-refractivity contribution is -0.0858. The number of hydrogen-bond acceptors (Lipinski definition) is 1. The van der Waals surface area contributed by atoms with Gasteiger partial charge < -0.3 is 0 Å². The first-order chi connectivity index (χ1) is 8.79. The zero-order valence-corrected chi connectivity index (χ0v) is 11.4. The fraction of sp³-hybridized carbons (Fsp3) is 0.941. The van der Waals surface area contributed by atoms with Crippen LogP contribution < -0.4 is 0 Å². The molecule has 1 atom stereocenters. The van der Waals surface area contributed by atoms with E-state index in [4.69, 9.17) is 0 Å². The van der Waals surface area contributed by atoms with Crippen LogP contribution in [0.4, 0.5) is 0 Å². The molecule has 0 aliphatic heterocycles. The third kappa shape index (κ3) is 1.57. The van der Waals surface area contributed by atoms with E-state index in [1.54, 1.807) is 0 Å². The molecule has 0 radical (unpaired) electrons. The molecule has 0 aromatic rings. The maximum Gasteiger partial charge on any atom is 0.0664 e. The molecule has 0 saturated heterocycles. The van der Waals surface area contributed by atoms with Crippen LogP contribution in [0.2, 0.25) is 0 Å². The summed E-state index contributed by atoms with van der Waals surface area (Å²) in [6.07, 6.45) is 14.2. The van der Waals surface area contributed by atoms with Crippen LogP contribution in [0.25, 0.3) is 0 Å². The molecule has 0 heterocycles. The summed E-state index contributed by atoms with van der Waals surface area (Å²) in [7, 11) is 0. The fourth-order valence-electron chi connectivity index (χ4n) is 6.59. The second-order valence-corrected chi connectivity index (χ2v) is 7.93. The first kappa shape index (κ1) is 11.3. The molecule has 0 aromatic heterocycles. The molecule has 0 aromatic carbocycles. The van der Waals surface area contributed by atoms with Gasteiger partial charge in [-0.3, -0.25) is 0 Å². The van der Waals surface area contributed by atoms with E-state index in [2.05, 4.69) is 6.07 Å². The van der Waals surface area contributed by atoms with E-state index in [9.17, 15) is 5.26 Å². The minimum Gasteiger partial charge on any atom is -0.198 e. The smallest absolute Gasteiger partial charge is 0.0664 e. The normalized spacial score (nSPS) is 48.3. The zero-order chi connectivity index (χ0) is 12.2. The monoisotopic (exact) mass is 243 g/mol. The Morgan fingerprint density at radius 2 is 1.39 bits per heavy atom. The average molecular weight is 243 g/mol. The maximum absolute atomic E-state index is 9.80. The molecular formula is C17H25N. The Hall–Kier alpha value is -0.510. The SMILES string of the molecule is N#CC(C1CCCC1)C12CC3CC(CC(C3)C1)C2. The van der Waals surface area contributed by atoms with E-state index in [0.29, 0.717) is 11.3 Å². The molecule has 4 bridgehead atoms. The lowest BCUT2D eigenvalue weighted by Gasteiger charge is -2.59. The van der Waals surface area contributed by atoms with Gasteiger partial charge >= 0.3 is 0 Å². The fourth-order valence-corrected chi connectivity index (χ4v) is 6.59. The van der Waals surface area contributed by atoms with Crippen LogP contribution in [0.15, 0.2) is 0 Å². The quantitative estimate of drug-likeness (QED) is 0.699. The van der Waals surface area contributed by atoms with Gasteiger partial charge in [-0.1, -0.05) is 12.8 Å². The molecule has 0 N–H and O–H groups in total. The van der Waals surface area contributed by atoms with Gasteiger partial charge in [0.05, 0.1) is 12.0 Å². The van der Waals surface area contributed by atoms with E-state index in [0.717, 1.165) is 23.7 Å². The topological polar surface area (TPSA) is 23.8 Å². The molecular weight excluding hydrogens is 218 g/mol. The van der Waals surface area contributed by atoms with Crippen molar-refractivity contribution >= 4 is 0 Å². The van der Waals surface area contributed by atoms with Crippen molar-refractivity contribution in [2.45, 2.75) is 64.2 Å². The van der Waals surface area contributed by atoms with Gasteiger partial charge in [-0.2, -0.15) is 5.26 Å². The molecule has 18 heavy (non-hydrogen) atoms. The summed E-state index contributed by atoms with van der Waals surface area (Å²) in [6, 6.07) is 2.80. The largest absolute Gasteiger partial charge is 0.198 e. The second kappa shape index (κ2) is 3.99. The van der Waals surface area contributed by atoms with Crippen molar-refractivity contribution in [2.75, 3.05) is 0 Å². The van der Waals surface area contributed by atoms with Crippen LogP contribution >= 0.6 is 0 Å². The molecule has 0 spiro atoms. The van der Waals surface area contributed by atoms with Gasteiger partial charge in [-0.05, 0) is 80.5 Å². The molecule has 1 heteroatoms. The van der Waals surface area contributed by atoms with Gasteiger partial charge in [0.25, 0.3) is 0 Å². The van der Waals surface area contributed by atoms with Gasteiger partial charge in [0.2, 0.25) is 0 Å². The van der Waals surface area contributed by atoms with Crippen LogP contribution in [0.3, 0.4) is 0 Å². The molecule has 1 unspecified atom stereocenters. The highest BCUT2D eigenvalue weighted by molar-refractivity contribution is 5.10. The number of nitrogens with zero attached hydrogens (tertiary/aromatic N) is 1. The number of nitriles is 1. The van der Waals surface area contributed by atoms with Crippen LogP contribution in [-0.4, -0.2) is 0 Å². The summed E-state index contributed by atoms with van der Waals surface area (Å²) < 4.78 is 0. The van der Waals surface area contributed by atoms with Crippen molar-refractivity contribution in [3.05, 3.63) is 0 Å². The average Bonchev–Trinajstić information content (AvgIpc) is 2.81. The Morgan fingerprint density at radius 1 is 0.889 bits per heavy atom. The highest BCUT2D eigenvalue weighted by Crippen LogP contribution is 2.64.